The lowest BCUT2D eigenvalue weighted by atomic mass is 10.1. The lowest BCUT2D eigenvalue weighted by Gasteiger charge is -2.19. The first-order valence-electron chi connectivity index (χ1n) is 6.10. The van der Waals surface area contributed by atoms with E-state index in [0.717, 1.165) is 12.2 Å². The highest BCUT2D eigenvalue weighted by Crippen LogP contribution is 2.21. The Morgan fingerprint density at radius 1 is 1.24 bits per heavy atom. The molecule has 1 unspecified atom stereocenters. The van der Waals surface area contributed by atoms with Crippen molar-refractivity contribution in [1.29, 1.82) is 0 Å². The van der Waals surface area contributed by atoms with Gasteiger partial charge in [0.1, 0.15) is 5.25 Å². The maximum Gasteiger partial charge on any atom is 0.316 e. The van der Waals surface area contributed by atoms with Crippen LogP contribution >= 0.6 is 11.8 Å². The topological polar surface area (TPSA) is 55.8 Å². The van der Waals surface area contributed by atoms with Crippen molar-refractivity contribution in [1.82, 2.24) is 0 Å². The number of hydrogen-bond acceptors (Lipinski definition) is 4. The Hall–Kier alpha value is -0.260. The molecule has 1 atom stereocenters. The summed E-state index contributed by atoms with van der Waals surface area (Å²) in [4.78, 5) is 11.0. The Bertz CT molecular complexity index is 203. The third kappa shape index (κ3) is 7.63. The minimum atomic E-state index is -0.741. The molecule has 0 aliphatic carbocycles. The summed E-state index contributed by atoms with van der Waals surface area (Å²) in [5, 5.41) is 8.68. The van der Waals surface area contributed by atoms with Crippen LogP contribution in [0.2, 0.25) is 0 Å². The van der Waals surface area contributed by atoms with Gasteiger partial charge in [-0.3, -0.25) is 4.79 Å². The van der Waals surface area contributed by atoms with E-state index < -0.39 is 5.97 Å². The van der Waals surface area contributed by atoms with E-state index >= 15 is 0 Å². The molecule has 0 bridgehead atoms. The van der Waals surface area contributed by atoms with Gasteiger partial charge < -0.3 is 14.6 Å². The van der Waals surface area contributed by atoms with Crippen molar-refractivity contribution in [3.8, 4) is 0 Å². The van der Waals surface area contributed by atoms with Crippen LogP contribution in [0.15, 0.2) is 0 Å². The van der Waals surface area contributed by atoms with E-state index in [9.17, 15) is 4.79 Å². The zero-order valence-corrected chi connectivity index (χ0v) is 12.0. The summed E-state index contributed by atoms with van der Waals surface area (Å²) >= 11 is 1.46. The fourth-order valence-electron chi connectivity index (χ4n) is 1.43. The second kappa shape index (κ2) is 9.74. The summed E-state index contributed by atoms with van der Waals surface area (Å²) in [5.74, 6) is 0.129. The van der Waals surface area contributed by atoms with E-state index in [4.69, 9.17) is 14.6 Å². The number of carboxylic acids is 1. The Balaban J connectivity index is 3.95. The Labute approximate surface area is 108 Å². The van der Waals surface area contributed by atoms with Gasteiger partial charge in [-0.15, -0.1) is 11.8 Å². The van der Waals surface area contributed by atoms with Gasteiger partial charge in [-0.25, -0.2) is 0 Å². The number of rotatable bonds is 10. The normalized spacial score (nSPS) is 13.3. The van der Waals surface area contributed by atoms with Gasteiger partial charge in [0.15, 0.2) is 6.29 Å². The second-order valence-electron chi connectivity index (χ2n) is 4.00. The molecule has 0 aromatic carbocycles. The molecule has 0 saturated heterocycles. The molecule has 0 radical (unpaired) electrons. The Kier molecular flexibility index (Phi) is 9.59. The van der Waals surface area contributed by atoms with E-state index in [1.807, 2.05) is 27.7 Å². The van der Waals surface area contributed by atoms with Crippen molar-refractivity contribution in [3.05, 3.63) is 0 Å². The standard InChI is InChI=1S/C12H24O4S/c1-5-15-10(16-6-2)7-8-17-11(9(3)4)12(13)14/h9-11H,5-8H2,1-4H3,(H,13,14). The average molecular weight is 264 g/mol. The third-order valence-electron chi connectivity index (χ3n) is 2.20. The SMILES string of the molecule is CCOC(CCSC(C(=O)O)C(C)C)OCC. The van der Waals surface area contributed by atoms with Crippen LogP contribution in [0.5, 0.6) is 0 Å². The van der Waals surface area contributed by atoms with Gasteiger partial charge in [0.25, 0.3) is 0 Å². The molecule has 0 rings (SSSR count). The lowest BCUT2D eigenvalue weighted by molar-refractivity contribution is -0.138. The van der Waals surface area contributed by atoms with Crippen molar-refractivity contribution < 1.29 is 19.4 Å². The number of thioether (sulfide) groups is 1. The molecule has 0 aliphatic heterocycles. The number of ether oxygens (including phenoxy) is 2. The van der Waals surface area contributed by atoms with Crippen LogP contribution in [0.25, 0.3) is 0 Å². The molecule has 0 aliphatic rings. The first-order chi connectivity index (χ1) is 8.02. The maximum atomic E-state index is 11.0. The van der Waals surface area contributed by atoms with Crippen LogP contribution in [-0.2, 0) is 14.3 Å². The molecule has 0 amide bonds. The second-order valence-corrected chi connectivity index (χ2v) is 5.25. The summed E-state index contributed by atoms with van der Waals surface area (Å²) in [5.41, 5.74) is 0. The molecule has 0 spiro atoms. The predicted octanol–water partition coefficient (Wildman–Crippen LogP) is 2.62. The fraction of sp³-hybridized carbons (Fsp3) is 0.917. The highest BCUT2D eigenvalue weighted by atomic mass is 32.2. The van der Waals surface area contributed by atoms with Gasteiger partial charge >= 0.3 is 5.97 Å². The quantitative estimate of drug-likeness (QED) is 0.615. The monoisotopic (exact) mass is 264 g/mol. The third-order valence-corrected chi connectivity index (χ3v) is 3.78. The van der Waals surface area contributed by atoms with Crippen LogP contribution in [0.3, 0.4) is 0 Å². The Morgan fingerprint density at radius 3 is 2.12 bits per heavy atom. The lowest BCUT2D eigenvalue weighted by Crippen LogP contribution is -2.24. The smallest absolute Gasteiger partial charge is 0.316 e. The predicted molar refractivity (Wildman–Crippen MR) is 70.4 cm³/mol. The molecular formula is C12H24O4S. The number of carboxylic acid groups (broad SMARTS) is 1. The highest BCUT2D eigenvalue weighted by molar-refractivity contribution is 8.00. The van der Waals surface area contributed by atoms with Crippen molar-refractivity contribution in [3.63, 3.8) is 0 Å². The first-order valence-corrected chi connectivity index (χ1v) is 7.15. The van der Waals surface area contributed by atoms with Crippen molar-refractivity contribution in [2.75, 3.05) is 19.0 Å². The van der Waals surface area contributed by atoms with Crippen molar-refractivity contribution >= 4 is 17.7 Å². The van der Waals surface area contributed by atoms with Crippen LogP contribution in [-0.4, -0.2) is 41.6 Å². The number of aliphatic carboxylic acids is 1. The molecular weight excluding hydrogens is 240 g/mol. The number of hydrogen-bond donors (Lipinski definition) is 1. The van der Waals surface area contributed by atoms with Gasteiger partial charge in [-0.1, -0.05) is 13.8 Å². The maximum absolute atomic E-state index is 11.0. The summed E-state index contributed by atoms with van der Waals surface area (Å²) in [7, 11) is 0. The minimum absolute atomic E-state index is 0.134. The molecule has 0 aromatic rings. The molecule has 5 heteroatoms. The van der Waals surface area contributed by atoms with Crippen LogP contribution in [0, 0.1) is 5.92 Å². The first kappa shape index (κ1) is 16.7. The van der Waals surface area contributed by atoms with Crippen LogP contribution in [0.4, 0.5) is 0 Å². The van der Waals surface area contributed by atoms with E-state index in [0.29, 0.717) is 13.2 Å². The van der Waals surface area contributed by atoms with Gasteiger partial charge in [0.2, 0.25) is 0 Å². The largest absolute Gasteiger partial charge is 0.480 e. The van der Waals surface area contributed by atoms with Crippen molar-refractivity contribution in [2.45, 2.75) is 45.7 Å². The summed E-state index contributed by atoms with van der Waals surface area (Å²) in [6.07, 6.45) is 0.516. The Morgan fingerprint density at radius 2 is 1.76 bits per heavy atom. The fourth-order valence-corrected chi connectivity index (χ4v) is 2.54. The average Bonchev–Trinajstić information content (AvgIpc) is 2.23. The van der Waals surface area contributed by atoms with Gasteiger partial charge in [-0.2, -0.15) is 0 Å². The van der Waals surface area contributed by atoms with E-state index in [1.165, 1.54) is 11.8 Å². The van der Waals surface area contributed by atoms with Crippen LogP contribution in [0.1, 0.15) is 34.1 Å². The molecule has 0 saturated carbocycles. The van der Waals surface area contributed by atoms with Crippen LogP contribution < -0.4 is 0 Å². The summed E-state index contributed by atoms with van der Waals surface area (Å²) < 4.78 is 10.8. The van der Waals surface area contributed by atoms with Crippen molar-refractivity contribution in [2.24, 2.45) is 5.92 Å². The molecule has 0 aromatic heterocycles. The summed E-state index contributed by atoms with van der Waals surface area (Å²) in [6, 6.07) is 0. The van der Waals surface area contributed by atoms with Gasteiger partial charge in [0.05, 0.1) is 0 Å². The molecule has 0 heterocycles. The van der Waals surface area contributed by atoms with E-state index in [-0.39, 0.29) is 17.5 Å². The molecule has 102 valence electrons. The zero-order valence-electron chi connectivity index (χ0n) is 11.1. The van der Waals surface area contributed by atoms with Gasteiger partial charge in [-0.05, 0) is 25.5 Å². The zero-order chi connectivity index (χ0) is 13.3. The molecule has 0 fully saturated rings. The van der Waals surface area contributed by atoms with Gasteiger partial charge in [0, 0.05) is 19.6 Å². The molecule has 17 heavy (non-hydrogen) atoms. The molecule has 4 nitrogen and oxygen atoms in total. The number of carbonyl (C=O) groups is 1. The summed E-state index contributed by atoms with van der Waals surface area (Å²) in [6.45, 7) is 8.92. The molecule has 1 N–H and O–H groups in total. The van der Waals surface area contributed by atoms with E-state index in [1.54, 1.807) is 0 Å². The minimum Gasteiger partial charge on any atom is -0.480 e. The highest BCUT2D eigenvalue weighted by Gasteiger charge is 2.22. The van der Waals surface area contributed by atoms with E-state index in [2.05, 4.69) is 0 Å².